The van der Waals surface area contributed by atoms with E-state index in [1.165, 1.54) is 0 Å². The molecule has 0 amide bonds. The normalized spacial score (nSPS) is 12.2. The summed E-state index contributed by atoms with van der Waals surface area (Å²) in [6.45, 7) is 0. The molecule has 0 saturated carbocycles. The molecule has 1 unspecified atom stereocenters. The highest BCUT2D eigenvalue weighted by Gasteiger charge is 2.20. The number of nitrogens with zero attached hydrogens (tertiary/aromatic N) is 1. The van der Waals surface area contributed by atoms with Crippen molar-refractivity contribution < 1.29 is 4.74 Å². The number of hydrogen-bond acceptors (Lipinski definition) is 3. The van der Waals surface area contributed by atoms with Gasteiger partial charge in [-0.2, -0.15) is 0 Å². The predicted octanol–water partition coefficient (Wildman–Crippen LogP) is 3.45. The molecule has 5 heteroatoms. The molecule has 0 saturated heterocycles. The van der Waals surface area contributed by atoms with Crippen LogP contribution >= 0.6 is 23.2 Å². The van der Waals surface area contributed by atoms with Crippen molar-refractivity contribution in [3.63, 3.8) is 0 Å². The number of nitrogens with two attached hydrogens (primary N) is 1. The quantitative estimate of drug-likeness (QED) is 0.938. The van der Waals surface area contributed by atoms with Crippen molar-refractivity contribution >= 4 is 23.2 Å². The highest BCUT2D eigenvalue weighted by Crippen LogP contribution is 2.34. The summed E-state index contributed by atoms with van der Waals surface area (Å²) >= 11 is 12.3. The highest BCUT2D eigenvalue weighted by atomic mass is 35.5. The van der Waals surface area contributed by atoms with E-state index >= 15 is 0 Å². The molecule has 0 radical (unpaired) electrons. The highest BCUT2D eigenvalue weighted by molar-refractivity contribution is 6.36. The van der Waals surface area contributed by atoms with Gasteiger partial charge >= 0.3 is 0 Å². The van der Waals surface area contributed by atoms with E-state index < -0.39 is 6.04 Å². The van der Waals surface area contributed by atoms with Crippen LogP contribution in [0.2, 0.25) is 10.0 Å². The summed E-state index contributed by atoms with van der Waals surface area (Å²) < 4.78 is 5.24. The number of benzene rings is 1. The van der Waals surface area contributed by atoms with E-state index in [0.717, 1.165) is 0 Å². The molecule has 0 aliphatic carbocycles. The number of hydrogen-bond donors (Lipinski definition) is 1. The van der Waals surface area contributed by atoms with Gasteiger partial charge in [0.2, 0.25) is 0 Å². The summed E-state index contributed by atoms with van der Waals surface area (Å²) in [6.07, 6.45) is 1.66. The second kappa shape index (κ2) is 5.57. The summed E-state index contributed by atoms with van der Waals surface area (Å²) in [5.41, 5.74) is 7.44. The van der Waals surface area contributed by atoms with E-state index in [0.29, 0.717) is 27.1 Å². The van der Waals surface area contributed by atoms with Crippen LogP contribution in [0, 0.1) is 0 Å². The molecule has 94 valence electrons. The van der Waals surface area contributed by atoms with Gasteiger partial charge in [-0.15, -0.1) is 0 Å². The Labute approximate surface area is 115 Å². The average molecular weight is 283 g/mol. The van der Waals surface area contributed by atoms with Crippen molar-refractivity contribution in [1.82, 2.24) is 4.98 Å². The van der Waals surface area contributed by atoms with Crippen LogP contribution in [0.4, 0.5) is 0 Å². The lowest BCUT2D eigenvalue weighted by Crippen LogP contribution is -2.15. The van der Waals surface area contributed by atoms with Crippen LogP contribution in [0.5, 0.6) is 5.75 Å². The van der Waals surface area contributed by atoms with E-state index in [1.807, 2.05) is 0 Å². The number of ether oxygens (including phenoxy) is 1. The van der Waals surface area contributed by atoms with Crippen LogP contribution in [-0.2, 0) is 0 Å². The molecule has 0 fully saturated rings. The van der Waals surface area contributed by atoms with Crippen LogP contribution in [-0.4, -0.2) is 12.1 Å². The maximum atomic E-state index is 6.18. The van der Waals surface area contributed by atoms with E-state index in [2.05, 4.69) is 4.98 Å². The largest absolute Gasteiger partial charge is 0.495 e. The van der Waals surface area contributed by atoms with Crippen LogP contribution < -0.4 is 10.5 Å². The summed E-state index contributed by atoms with van der Waals surface area (Å²) in [7, 11) is 1.57. The molecule has 1 aromatic heterocycles. The zero-order chi connectivity index (χ0) is 13.1. The second-order valence-electron chi connectivity index (χ2n) is 3.70. The van der Waals surface area contributed by atoms with Crippen LogP contribution in [0.3, 0.4) is 0 Å². The lowest BCUT2D eigenvalue weighted by atomic mass is 10.0. The first-order chi connectivity index (χ1) is 8.65. The third-order valence-electron chi connectivity index (χ3n) is 2.62. The molecule has 0 bridgehead atoms. The monoisotopic (exact) mass is 282 g/mol. The summed E-state index contributed by atoms with van der Waals surface area (Å²) in [5.74, 6) is 0.612. The zero-order valence-corrected chi connectivity index (χ0v) is 11.2. The van der Waals surface area contributed by atoms with Crippen LogP contribution in [0.15, 0.2) is 36.5 Å². The Hall–Kier alpha value is -1.29. The molecule has 18 heavy (non-hydrogen) atoms. The first-order valence-electron chi connectivity index (χ1n) is 5.33. The molecule has 1 heterocycles. The summed E-state index contributed by atoms with van der Waals surface area (Å²) in [4.78, 5) is 4.24. The van der Waals surface area contributed by atoms with E-state index in [4.69, 9.17) is 33.7 Å². The number of pyridine rings is 1. The molecular weight excluding hydrogens is 271 g/mol. The first kappa shape index (κ1) is 13.1. The van der Waals surface area contributed by atoms with Gasteiger partial charge in [0.1, 0.15) is 11.4 Å². The minimum absolute atomic E-state index is 0.516. The first-order valence-corrected chi connectivity index (χ1v) is 6.09. The van der Waals surface area contributed by atoms with Gasteiger partial charge in [0, 0.05) is 21.8 Å². The zero-order valence-electron chi connectivity index (χ0n) is 9.73. The Morgan fingerprint density at radius 3 is 2.44 bits per heavy atom. The fourth-order valence-electron chi connectivity index (χ4n) is 1.75. The van der Waals surface area contributed by atoms with Crippen molar-refractivity contribution in [3.8, 4) is 5.75 Å². The SMILES string of the molecule is COc1cccnc1C(N)c1c(Cl)cccc1Cl. The molecule has 2 aromatic rings. The van der Waals surface area contributed by atoms with E-state index in [9.17, 15) is 0 Å². The van der Waals surface area contributed by atoms with Crippen molar-refractivity contribution in [2.75, 3.05) is 7.11 Å². The number of rotatable bonds is 3. The number of aromatic nitrogens is 1. The van der Waals surface area contributed by atoms with Gasteiger partial charge in [-0.05, 0) is 24.3 Å². The van der Waals surface area contributed by atoms with Crippen LogP contribution in [0.25, 0.3) is 0 Å². The molecule has 2 rings (SSSR count). The maximum absolute atomic E-state index is 6.18. The predicted molar refractivity (Wildman–Crippen MR) is 73.3 cm³/mol. The Morgan fingerprint density at radius 1 is 1.17 bits per heavy atom. The average Bonchev–Trinajstić information content (AvgIpc) is 2.38. The number of methoxy groups -OCH3 is 1. The molecule has 0 spiro atoms. The van der Waals surface area contributed by atoms with Gasteiger partial charge < -0.3 is 10.5 Å². The number of halogens is 2. The lowest BCUT2D eigenvalue weighted by Gasteiger charge is -2.17. The van der Waals surface area contributed by atoms with Crippen molar-refractivity contribution in [1.29, 1.82) is 0 Å². The molecule has 3 nitrogen and oxygen atoms in total. The van der Waals surface area contributed by atoms with Crippen LogP contribution in [0.1, 0.15) is 17.3 Å². The minimum Gasteiger partial charge on any atom is -0.495 e. The van der Waals surface area contributed by atoms with Crippen molar-refractivity contribution in [2.45, 2.75) is 6.04 Å². The fraction of sp³-hybridized carbons (Fsp3) is 0.154. The Kier molecular flexibility index (Phi) is 4.07. The van der Waals surface area contributed by atoms with Gasteiger partial charge in [-0.3, -0.25) is 4.98 Å². The summed E-state index contributed by atoms with van der Waals surface area (Å²) in [5, 5.41) is 1.03. The van der Waals surface area contributed by atoms with Gasteiger partial charge in [0.05, 0.1) is 13.2 Å². The molecular formula is C13H12Cl2N2O. The topological polar surface area (TPSA) is 48.1 Å². The second-order valence-corrected chi connectivity index (χ2v) is 4.52. The minimum atomic E-state index is -0.526. The third-order valence-corrected chi connectivity index (χ3v) is 3.28. The molecule has 1 atom stereocenters. The van der Waals surface area contributed by atoms with Crippen molar-refractivity contribution in [3.05, 3.63) is 57.8 Å². The molecule has 0 aliphatic rings. The van der Waals surface area contributed by atoms with Gasteiger partial charge in [0.25, 0.3) is 0 Å². The van der Waals surface area contributed by atoms with Crippen molar-refractivity contribution in [2.24, 2.45) is 5.73 Å². The smallest absolute Gasteiger partial charge is 0.142 e. The van der Waals surface area contributed by atoms with Gasteiger partial charge in [-0.25, -0.2) is 0 Å². The molecule has 1 aromatic carbocycles. The lowest BCUT2D eigenvalue weighted by molar-refractivity contribution is 0.404. The Morgan fingerprint density at radius 2 is 1.83 bits per heavy atom. The summed E-state index contributed by atoms with van der Waals surface area (Å²) in [6, 6.07) is 8.32. The Bertz CT molecular complexity index is 540. The van der Waals surface area contributed by atoms with E-state index in [1.54, 1.807) is 43.6 Å². The fourth-order valence-corrected chi connectivity index (χ4v) is 2.39. The van der Waals surface area contributed by atoms with Gasteiger partial charge in [0.15, 0.2) is 0 Å². The third kappa shape index (κ3) is 2.43. The Balaban J connectivity index is 2.51. The van der Waals surface area contributed by atoms with E-state index in [-0.39, 0.29) is 0 Å². The maximum Gasteiger partial charge on any atom is 0.142 e. The standard InChI is InChI=1S/C13H12Cl2N2O/c1-18-10-6-3-7-17-13(10)12(16)11-8(14)4-2-5-9(11)15/h2-7,12H,16H2,1H3. The molecule has 2 N–H and O–H groups in total. The van der Waals surface area contributed by atoms with Gasteiger partial charge in [-0.1, -0.05) is 29.3 Å². The molecule has 0 aliphatic heterocycles.